The second kappa shape index (κ2) is 5.72. The third kappa shape index (κ3) is 2.86. The molecule has 4 aromatic rings. The predicted molar refractivity (Wildman–Crippen MR) is 96.4 cm³/mol. The fraction of sp³-hybridized carbons (Fsp3) is 0.333. The van der Waals surface area contributed by atoms with Crippen LogP contribution in [0, 0.1) is 5.92 Å². The number of alkyl halides is 3. The lowest BCUT2D eigenvalue weighted by Gasteiger charge is -2.35. The Labute approximate surface area is 155 Å². The molecule has 0 aromatic carbocycles. The van der Waals surface area contributed by atoms with Crippen LogP contribution in [-0.4, -0.2) is 30.9 Å². The Hall–Kier alpha value is -2.55. The Balaban J connectivity index is 1.45. The number of thiophene rings is 1. The van der Waals surface area contributed by atoms with Crippen LogP contribution in [0.1, 0.15) is 23.6 Å². The standard InChI is InChI=1S/C18H14F3N5S/c1-26-8-12-2-10(6-23-16(12)25-26)15-22-7-11-5-14(27-17(11)24-15)9-3-13(4-9)18(19,20)21/h2,5-9,13H,3-4H2,1H3. The Morgan fingerprint density at radius 2 is 1.93 bits per heavy atom. The van der Waals surface area contributed by atoms with E-state index in [-0.39, 0.29) is 18.8 Å². The van der Waals surface area contributed by atoms with Gasteiger partial charge in [-0.3, -0.25) is 4.68 Å². The highest BCUT2D eigenvalue weighted by Crippen LogP contribution is 2.51. The zero-order valence-corrected chi connectivity index (χ0v) is 15.1. The molecule has 5 rings (SSSR count). The van der Waals surface area contributed by atoms with Gasteiger partial charge in [0.05, 0.1) is 5.92 Å². The smallest absolute Gasteiger partial charge is 0.273 e. The number of aryl methyl sites for hydroxylation is 1. The molecule has 138 valence electrons. The van der Waals surface area contributed by atoms with E-state index in [9.17, 15) is 13.2 Å². The molecule has 1 aliphatic rings. The van der Waals surface area contributed by atoms with Crippen molar-refractivity contribution in [1.82, 2.24) is 24.7 Å². The maximum atomic E-state index is 12.7. The molecule has 0 aliphatic heterocycles. The number of nitrogens with zero attached hydrogens (tertiary/aromatic N) is 5. The summed E-state index contributed by atoms with van der Waals surface area (Å²) in [5, 5.41) is 6.01. The molecule has 1 saturated carbocycles. The van der Waals surface area contributed by atoms with Crippen molar-refractivity contribution >= 4 is 32.6 Å². The molecule has 0 radical (unpaired) electrons. The zero-order chi connectivity index (χ0) is 18.8. The molecular formula is C18H14F3N5S. The van der Waals surface area contributed by atoms with Gasteiger partial charge in [-0.15, -0.1) is 11.3 Å². The lowest BCUT2D eigenvalue weighted by Crippen LogP contribution is -2.34. The quantitative estimate of drug-likeness (QED) is 0.499. The van der Waals surface area contributed by atoms with Gasteiger partial charge in [-0.2, -0.15) is 18.3 Å². The molecule has 0 unspecified atom stereocenters. The van der Waals surface area contributed by atoms with Gasteiger partial charge in [-0.1, -0.05) is 0 Å². The molecule has 0 amide bonds. The summed E-state index contributed by atoms with van der Waals surface area (Å²) >= 11 is 1.46. The van der Waals surface area contributed by atoms with Crippen LogP contribution in [0.25, 0.3) is 32.6 Å². The van der Waals surface area contributed by atoms with Crippen molar-refractivity contribution in [2.75, 3.05) is 0 Å². The molecule has 0 N–H and O–H groups in total. The van der Waals surface area contributed by atoms with E-state index in [1.54, 1.807) is 17.1 Å². The van der Waals surface area contributed by atoms with E-state index >= 15 is 0 Å². The molecule has 0 saturated heterocycles. The van der Waals surface area contributed by atoms with Gasteiger partial charge in [0.15, 0.2) is 11.5 Å². The summed E-state index contributed by atoms with van der Waals surface area (Å²) < 4.78 is 39.8. The van der Waals surface area contributed by atoms with Gasteiger partial charge in [0.25, 0.3) is 0 Å². The Morgan fingerprint density at radius 1 is 1.11 bits per heavy atom. The minimum Gasteiger partial charge on any atom is -0.273 e. The summed E-state index contributed by atoms with van der Waals surface area (Å²) in [7, 11) is 1.83. The van der Waals surface area contributed by atoms with E-state index in [1.807, 2.05) is 25.4 Å². The van der Waals surface area contributed by atoms with Crippen molar-refractivity contribution in [3.8, 4) is 11.4 Å². The lowest BCUT2D eigenvalue weighted by atomic mass is 9.74. The average Bonchev–Trinajstić information content (AvgIpc) is 3.12. The Bertz CT molecular complexity index is 1160. The molecule has 5 nitrogen and oxygen atoms in total. The van der Waals surface area contributed by atoms with Crippen molar-refractivity contribution in [3.05, 3.63) is 35.6 Å². The number of halogens is 3. The molecule has 4 heterocycles. The van der Waals surface area contributed by atoms with E-state index in [0.717, 1.165) is 26.0 Å². The van der Waals surface area contributed by atoms with E-state index in [0.29, 0.717) is 11.5 Å². The van der Waals surface area contributed by atoms with Gasteiger partial charge in [-0.25, -0.2) is 15.0 Å². The highest BCUT2D eigenvalue weighted by atomic mass is 32.1. The maximum absolute atomic E-state index is 12.7. The molecule has 0 spiro atoms. The highest BCUT2D eigenvalue weighted by molar-refractivity contribution is 7.18. The first-order chi connectivity index (χ1) is 12.9. The third-order valence-corrected chi connectivity index (χ3v) is 6.23. The van der Waals surface area contributed by atoms with E-state index in [2.05, 4.69) is 20.1 Å². The van der Waals surface area contributed by atoms with Crippen molar-refractivity contribution in [2.24, 2.45) is 13.0 Å². The second-order valence-corrected chi connectivity index (χ2v) is 8.01. The molecule has 27 heavy (non-hydrogen) atoms. The fourth-order valence-electron chi connectivity index (χ4n) is 3.46. The van der Waals surface area contributed by atoms with Gasteiger partial charge >= 0.3 is 6.18 Å². The van der Waals surface area contributed by atoms with Gasteiger partial charge in [-0.05, 0) is 30.9 Å². The highest BCUT2D eigenvalue weighted by Gasteiger charge is 2.48. The molecule has 1 aliphatic carbocycles. The normalized spacial score (nSPS) is 20.3. The molecule has 9 heteroatoms. The van der Waals surface area contributed by atoms with E-state index in [4.69, 9.17) is 0 Å². The minimum absolute atomic E-state index is 0.0346. The van der Waals surface area contributed by atoms with Crippen molar-refractivity contribution in [3.63, 3.8) is 0 Å². The third-order valence-electron chi connectivity index (χ3n) is 5.03. The summed E-state index contributed by atoms with van der Waals surface area (Å²) in [6.07, 6.45) is 1.53. The molecular weight excluding hydrogens is 375 g/mol. The van der Waals surface area contributed by atoms with Crippen LogP contribution in [0.5, 0.6) is 0 Å². The molecule has 4 aromatic heterocycles. The number of rotatable bonds is 2. The van der Waals surface area contributed by atoms with Crippen LogP contribution in [0.2, 0.25) is 0 Å². The Kier molecular flexibility index (Phi) is 3.52. The first-order valence-electron chi connectivity index (χ1n) is 8.50. The van der Waals surface area contributed by atoms with E-state index < -0.39 is 12.1 Å². The lowest BCUT2D eigenvalue weighted by molar-refractivity contribution is -0.197. The second-order valence-electron chi connectivity index (χ2n) is 6.95. The largest absolute Gasteiger partial charge is 0.391 e. The van der Waals surface area contributed by atoms with Crippen LogP contribution in [-0.2, 0) is 7.05 Å². The van der Waals surface area contributed by atoms with Crippen LogP contribution in [0.15, 0.2) is 30.7 Å². The molecule has 1 fully saturated rings. The van der Waals surface area contributed by atoms with Crippen molar-refractivity contribution in [1.29, 1.82) is 0 Å². The monoisotopic (exact) mass is 389 g/mol. The number of aromatic nitrogens is 5. The van der Waals surface area contributed by atoms with Gasteiger partial charge in [0.2, 0.25) is 0 Å². The number of hydrogen-bond acceptors (Lipinski definition) is 5. The van der Waals surface area contributed by atoms with Gasteiger partial charge in [0.1, 0.15) is 4.83 Å². The summed E-state index contributed by atoms with van der Waals surface area (Å²) in [6, 6.07) is 3.86. The van der Waals surface area contributed by atoms with Crippen LogP contribution in [0.4, 0.5) is 13.2 Å². The average molecular weight is 389 g/mol. The summed E-state index contributed by atoms with van der Waals surface area (Å²) in [5.74, 6) is -0.657. The Morgan fingerprint density at radius 3 is 2.70 bits per heavy atom. The first kappa shape index (κ1) is 16.6. The summed E-state index contributed by atoms with van der Waals surface area (Å²) in [6.45, 7) is 0. The number of pyridine rings is 1. The van der Waals surface area contributed by atoms with Gasteiger partial charge < -0.3 is 0 Å². The van der Waals surface area contributed by atoms with Crippen molar-refractivity contribution < 1.29 is 13.2 Å². The predicted octanol–water partition coefficient (Wildman–Crippen LogP) is 4.70. The fourth-order valence-corrected chi connectivity index (χ4v) is 4.59. The van der Waals surface area contributed by atoms with Gasteiger partial charge in [0, 0.05) is 46.9 Å². The van der Waals surface area contributed by atoms with E-state index in [1.165, 1.54) is 11.3 Å². The molecule has 0 atom stereocenters. The summed E-state index contributed by atoms with van der Waals surface area (Å²) in [5.41, 5.74) is 1.44. The number of hydrogen-bond donors (Lipinski definition) is 0. The SMILES string of the molecule is Cn1cc2cc(-c3ncc4cc(C5CC(C(F)(F)F)C5)sc4n3)cnc2n1. The minimum atomic E-state index is -4.09. The number of fused-ring (bicyclic) bond motifs is 2. The van der Waals surface area contributed by atoms with Crippen molar-refractivity contribution in [2.45, 2.75) is 24.9 Å². The van der Waals surface area contributed by atoms with Crippen LogP contribution in [0.3, 0.4) is 0 Å². The summed E-state index contributed by atoms with van der Waals surface area (Å²) in [4.78, 5) is 15.1. The first-order valence-corrected chi connectivity index (χ1v) is 9.31. The topological polar surface area (TPSA) is 56.5 Å². The maximum Gasteiger partial charge on any atom is 0.391 e. The van der Waals surface area contributed by atoms with Crippen LogP contribution >= 0.6 is 11.3 Å². The molecule has 0 bridgehead atoms. The zero-order valence-electron chi connectivity index (χ0n) is 14.2. The van der Waals surface area contributed by atoms with Crippen LogP contribution < -0.4 is 0 Å².